The van der Waals surface area contributed by atoms with Gasteiger partial charge in [-0.3, -0.25) is 18.6 Å². The topological polar surface area (TPSA) is 96.4 Å². The van der Waals surface area contributed by atoms with E-state index in [1.165, 1.54) is 11.5 Å². The van der Waals surface area contributed by atoms with Gasteiger partial charge in [0.25, 0.3) is 5.56 Å². The Morgan fingerprint density at radius 3 is 2.70 bits per heavy atom. The Balaban J connectivity index is 2.06. The lowest BCUT2D eigenvalue weighted by Gasteiger charge is -2.12. The summed E-state index contributed by atoms with van der Waals surface area (Å²) in [5, 5.41) is 0. The average Bonchev–Trinajstić information content (AvgIpc) is 3.31. The summed E-state index contributed by atoms with van der Waals surface area (Å²) in [6.07, 6.45) is 3.39. The molecule has 0 spiro atoms. The van der Waals surface area contributed by atoms with Crippen LogP contribution in [-0.4, -0.2) is 28.9 Å². The highest BCUT2D eigenvalue weighted by atomic mass is 16.3. The predicted molar refractivity (Wildman–Crippen MR) is 98.1 cm³/mol. The molecule has 4 aromatic heterocycles. The highest BCUT2D eigenvalue weighted by Crippen LogP contribution is 2.18. The van der Waals surface area contributed by atoms with E-state index in [1.54, 1.807) is 36.9 Å². The van der Waals surface area contributed by atoms with Crippen LogP contribution >= 0.6 is 0 Å². The molecule has 0 saturated carbocycles. The molecule has 0 aliphatic rings. The molecule has 0 aliphatic carbocycles. The molecule has 1 unspecified atom stereocenters. The second-order valence-corrected chi connectivity index (χ2v) is 6.69. The summed E-state index contributed by atoms with van der Waals surface area (Å²) in [6.45, 7) is 5.26. The van der Waals surface area contributed by atoms with E-state index in [1.807, 2.05) is 17.6 Å². The minimum atomic E-state index is -0.850. The van der Waals surface area contributed by atoms with Gasteiger partial charge >= 0.3 is 5.69 Å². The van der Waals surface area contributed by atoms with Crippen molar-refractivity contribution in [3.05, 3.63) is 56.9 Å². The number of nitrogens with zero attached hydrogens (tertiary/aromatic N) is 5. The Kier molecular flexibility index (Phi) is 3.69. The van der Waals surface area contributed by atoms with E-state index in [9.17, 15) is 14.4 Å². The molecule has 0 aromatic carbocycles. The van der Waals surface area contributed by atoms with Crippen molar-refractivity contribution in [3.63, 3.8) is 0 Å². The molecule has 0 radical (unpaired) electrons. The standard InChI is InChI=1S/C18H19N5O4/c1-10-8-22-14-15(19-17(22)21(10)9-13-6-5-7-27-13)20(4)18(26)23(16(14)25)11(2)12(3)24/h5-8,11H,9H2,1-4H3. The van der Waals surface area contributed by atoms with Crippen molar-refractivity contribution in [1.29, 1.82) is 0 Å². The van der Waals surface area contributed by atoms with Crippen LogP contribution in [0.15, 0.2) is 38.6 Å². The zero-order chi connectivity index (χ0) is 19.5. The van der Waals surface area contributed by atoms with Gasteiger partial charge in [-0.15, -0.1) is 0 Å². The normalized spacial score (nSPS) is 12.9. The van der Waals surface area contributed by atoms with Crippen LogP contribution in [0.4, 0.5) is 0 Å². The van der Waals surface area contributed by atoms with Gasteiger partial charge in [-0.2, -0.15) is 4.98 Å². The van der Waals surface area contributed by atoms with Crippen LogP contribution in [0.25, 0.3) is 16.9 Å². The van der Waals surface area contributed by atoms with E-state index < -0.39 is 17.3 Å². The van der Waals surface area contributed by atoms with E-state index in [2.05, 4.69) is 4.98 Å². The number of fused-ring (bicyclic) bond motifs is 3. The summed E-state index contributed by atoms with van der Waals surface area (Å²) in [7, 11) is 1.55. The van der Waals surface area contributed by atoms with E-state index in [4.69, 9.17) is 4.42 Å². The van der Waals surface area contributed by atoms with Gasteiger partial charge in [0.2, 0.25) is 5.78 Å². The SMILES string of the molecule is CC(=O)C(C)n1c(=O)c2c(nc3n(Cc4ccco4)c(C)cn23)n(C)c1=O. The third-order valence-corrected chi connectivity index (χ3v) is 4.96. The van der Waals surface area contributed by atoms with Crippen LogP contribution < -0.4 is 11.2 Å². The number of carbonyl (C=O) groups excluding carboxylic acids is 1. The van der Waals surface area contributed by atoms with Gasteiger partial charge in [-0.25, -0.2) is 9.36 Å². The second kappa shape index (κ2) is 5.83. The maximum atomic E-state index is 13.1. The molecule has 4 heterocycles. The number of rotatable bonds is 4. The molecule has 0 bridgehead atoms. The third kappa shape index (κ3) is 2.38. The van der Waals surface area contributed by atoms with Gasteiger partial charge < -0.3 is 8.98 Å². The number of furan rings is 1. The Morgan fingerprint density at radius 2 is 2.07 bits per heavy atom. The Hall–Kier alpha value is -3.36. The molecule has 4 aromatic rings. The molecule has 1 atom stereocenters. The molecule has 4 rings (SSSR count). The average molecular weight is 369 g/mol. The lowest BCUT2D eigenvalue weighted by molar-refractivity contribution is -0.119. The number of ketones is 1. The first-order valence-corrected chi connectivity index (χ1v) is 8.53. The van der Waals surface area contributed by atoms with Gasteiger partial charge in [0, 0.05) is 18.9 Å². The largest absolute Gasteiger partial charge is 0.467 e. The number of carbonyl (C=O) groups is 1. The van der Waals surface area contributed by atoms with Crippen molar-refractivity contribution < 1.29 is 9.21 Å². The van der Waals surface area contributed by atoms with Gasteiger partial charge in [0.1, 0.15) is 5.76 Å². The fourth-order valence-corrected chi connectivity index (χ4v) is 3.30. The van der Waals surface area contributed by atoms with Crippen molar-refractivity contribution in [2.24, 2.45) is 7.05 Å². The number of hydrogen-bond acceptors (Lipinski definition) is 5. The van der Waals surface area contributed by atoms with Crippen LogP contribution in [0, 0.1) is 6.92 Å². The Labute approximate surface area is 153 Å². The molecule has 0 aliphatic heterocycles. The first kappa shape index (κ1) is 17.1. The number of imidazole rings is 2. The molecular weight excluding hydrogens is 350 g/mol. The maximum absolute atomic E-state index is 13.1. The Morgan fingerprint density at radius 1 is 1.33 bits per heavy atom. The number of aromatic nitrogens is 5. The van der Waals surface area contributed by atoms with E-state index in [0.717, 1.165) is 16.0 Å². The van der Waals surface area contributed by atoms with E-state index in [0.29, 0.717) is 12.3 Å². The predicted octanol–water partition coefficient (Wildman–Crippen LogP) is 1.25. The van der Waals surface area contributed by atoms with Crippen molar-refractivity contribution in [2.45, 2.75) is 33.4 Å². The molecule has 140 valence electrons. The highest BCUT2D eigenvalue weighted by molar-refractivity contribution is 5.80. The van der Waals surface area contributed by atoms with E-state index in [-0.39, 0.29) is 16.9 Å². The molecule has 9 heteroatoms. The quantitative estimate of drug-likeness (QED) is 0.539. The van der Waals surface area contributed by atoms with Crippen LogP contribution in [0.1, 0.15) is 31.3 Å². The van der Waals surface area contributed by atoms with Gasteiger partial charge in [0.15, 0.2) is 16.9 Å². The second-order valence-electron chi connectivity index (χ2n) is 6.69. The van der Waals surface area contributed by atoms with Crippen LogP contribution in [0.2, 0.25) is 0 Å². The molecule has 9 nitrogen and oxygen atoms in total. The highest BCUT2D eigenvalue weighted by Gasteiger charge is 2.24. The summed E-state index contributed by atoms with van der Waals surface area (Å²) in [5.74, 6) is 1.01. The van der Waals surface area contributed by atoms with E-state index >= 15 is 0 Å². The van der Waals surface area contributed by atoms with Gasteiger partial charge in [0.05, 0.1) is 18.8 Å². The van der Waals surface area contributed by atoms with Crippen LogP contribution in [-0.2, 0) is 18.4 Å². The number of Topliss-reactive ketones (excluding diaryl/α,β-unsaturated/α-hetero) is 1. The summed E-state index contributed by atoms with van der Waals surface area (Å²) in [5.41, 5.74) is 0.334. The smallest absolute Gasteiger partial charge is 0.333 e. The summed E-state index contributed by atoms with van der Waals surface area (Å²) in [6, 6.07) is 2.81. The van der Waals surface area contributed by atoms with Gasteiger partial charge in [-0.1, -0.05) is 0 Å². The lowest BCUT2D eigenvalue weighted by Crippen LogP contribution is -2.42. The van der Waals surface area contributed by atoms with Crippen LogP contribution in [0.3, 0.4) is 0 Å². The first-order chi connectivity index (χ1) is 12.8. The zero-order valence-corrected chi connectivity index (χ0v) is 15.5. The first-order valence-electron chi connectivity index (χ1n) is 8.53. The van der Waals surface area contributed by atoms with Crippen LogP contribution in [0.5, 0.6) is 0 Å². The van der Waals surface area contributed by atoms with Crippen molar-refractivity contribution in [3.8, 4) is 0 Å². The minimum absolute atomic E-state index is 0.263. The summed E-state index contributed by atoms with van der Waals surface area (Å²) in [4.78, 5) is 42.0. The van der Waals surface area contributed by atoms with Crippen molar-refractivity contribution >= 4 is 22.7 Å². The fourth-order valence-electron chi connectivity index (χ4n) is 3.30. The monoisotopic (exact) mass is 369 g/mol. The number of aryl methyl sites for hydroxylation is 2. The lowest BCUT2D eigenvalue weighted by atomic mass is 10.2. The summed E-state index contributed by atoms with van der Waals surface area (Å²) >= 11 is 0. The molecule has 27 heavy (non-hydrogen) atoms. The van der Waals surface area contributed by atoms with Crippen molar-refractivity contribution in [2.75, 3.05) is 0 Å². The molecule has 0 amide bonds. The third-order valence-electron chi connectivity index (χ3n) is 4.96. The maximum Gasteiger partial charge on any atom is 0.333 e. The zero-order valence-electron chi connectivity index (χ0n) is 15.5. The molecular formula is C18H19N5O4. The summed E-state index contributed by atoms with van der Waals surface area (Å²) < 4.78 is 11.3. The van der Waals surface area contributed by atoms with Gasteiger partial charge in [-0.05, 0) is 32.9 Å². The molecule has 0 fully saturated rings. The van der Waals surface area contributed by atoms with Crippen molar-refractivity contribution in [1.82, 2.24) is 23.1 Å². The fraction of sp³-hybridized carbons (Fsp3) is 0.333. The minimum Gasteiger partial charge on any atom is -0.467 e. The molecule has 0 N–H and O–H groups in total. The number of hydrogen-bond donors (Lipinski definition) is 0. The molecule has 0 saturated heterocycles. The Bertz CT molecular complexity index is 1300.